The van der Waals surface area contributed by atoms with Crippen LogP contribution in [0.1, 0.15) is 45.1 Å². The Bertz CT molecular complexity index is 1570. The average molecular weight is 654 g/mol. The monoisotopic (exact) mass is 653 g/mol. The SMILES string of the molecule is CCOc1ccc(N(CC(=O)N(Cc2ccc(OC)cc2)[C@H](C)C(=O)NC2CCCC2)S(=O)(=O)c2ccc(OC)c(OC)c2)cc1. The summed E-state index contributed by atoms with van der Waals surface area (Å²) < 4.78 is 51.1. The van der Waals surface area contributed by atoms with Crippen LogP contribution in [0.25, 0.3) is 0 Å². The number of amides is 2. The maximum absolute atomic E-state index is 14.3. The summed E-state index contributed by atoms with van der Waals surface area (Å²) in [6, 6.07) is 17.1. The maximum atomic E-state index is 14.3. The topological polar surface area (TPSA) is 124 Å². The highest BCUT2D eigenvalue weighted by Crippen LogP contribution is 2.33. The molecule has 2 amide bonds. The molecule has 0 heterocycles. The molecule has 0 spiro atoms. The van der Waals surface area contributed by atoms with Crippen LogP contribution in [0.2, 0.25) is 0 Å². The smallest absolute Gasteiger partial charge is 0.264 e. The molecule has 4 rings (SSSR count). The minimum absolute atomic E-state index is 0.0543. The Kier molecular flexibility index (Phi) is 11.8. The Morgan fingerprint density at radius 3 is 2.09 bits per heavy atom. The number of rotatable bonds is 15. The van der Waals surface area contributed by atoms with Crippen LogP contribution in [-0.4, -0.2) is 71.7 Å². The van der Waals surface area contributed by atoms with E-state index in [0.29, 0.717) is 23.9 Å². The molecule has 0 saturated heterocycles. The first-order valence-electron chi connectivity index (χ1n) is 15.3. The van der Waals surface area contributed by atoms with Crippen molar-refractivity contribution in [1.29, 1.82) is 0 Å². The van der Waals surface area contributed by atoms with E-state index in [4.69, 9.17) is 18.9 Å². The zero-order valence-electron chi connectivity index (χ0n) is 27.0. The molecule has 1 N–H and O–H groups in total. The van der Waals surface area contributed by atoms with Gasteiger partial charge in [0.1, 0.15) is 24.1 Å². The number of ether oxygens (including phenoxy) is 4. The van der Waals surface area contributed by atoms with Crippen molar-refractivity contribution in [3.63, 3.8) is 0 Å². The number of methoxy groups -OCH3 is 3. The highest BCUT2D eigenvalue weighted by molar-refractivity contribution is 7.92. The molecule has 0 bridgehead atoms. The lowest BCUT2D eigenvalue weighted by Gasteiger charge is -2.32. The first-order valence-corrected chi connectivity index (χ1v) is 16.8. The van der Waals surface area contributed by atoms with Crippen molar-refractivity contribution in [3.8, 4) is 23.0 Å². The van der Waals surface area contributed by atoms with Gasteiger partial charge in [-0.15, -0.1) is 0 Å². The molecule has 0 unspecified atom stereocenters. The van der Waals surface area contributed by atoms with Gasteiger partial charge in [-0.3, -0.25) is 13.9 Å². The van der Waals surface area contributed by atoms with Crippen LogP contribution in [-0.2, 0) is 26.2 Å². The van der Waals surface area contributed by atoms with Crippen LogP contribution in [0.15, 0.2) is 71.6 Å². The number of anilines is 1. The molecule has 0 radical (unpaired) electrons. The fraction of sp³-hybridized carbons (Fsp3) is 0.412. The molecule has 1 atom stereocenters. The molecule has 3 aromatic rings. The standard InChI is InChI=1S/C34H43N3O8S/c1-6-45-29-17-13-27(14-18-29)37(46(40,41)30-19-20-31(43-4)32(21-30)44-5)23-33(38)36(22-25-11-15-28(42-3)16-12-25)24(2)34(39)35-26-9-7-8-10-26/h11-21,24,26H,6-10,22-23H2,1-5H3,(H,35,39)/t24-/m1/s1. The van der Waals surface area contributed by atoms with Crippen LogP contribution in [0, 0.1) is 0 Å². The molecule has 248 valence electrons. The molecule has 0 aliphatic heterocycles. The van der Waals surface area contributed by atoms with Gasteiger partial charge in [-0.1, -0.05) is 25.0 Å². The van der Waals surface area contributed by atoms with Gasteiger partial charge in [-0.2, -0.15) is 0 Å². The van der Waals surface area contributed by atoms with Crippen LogP contribution >= 0.6 is 0 Å². The van der Waals surface area contributed by atoms with Crippen molar-refractivity contribution in [2.45, 2.75) is 63.1 Å². The number of nitrogens with one attached hydrogen (secondary N) is 1. The van der Waals surface area contributed by atoms with Gasteiger partial charge in [0.15, 0.2) is 11.5 Å². The quantitative estimate of drug-likeness (QED) is 0.249. The Hall–Kier alpha value is -4.45. The molecule has 1 fully saturated rings. The number of hydrogen-bond donors (Lipinski definition) is 1. The predicted molar refractivity (Wildman–Crippen MR) is 175 cm³/mol. The minimum Gasteiger partial charge on any atom is -0.497 e. The van der Waals surface area contributed by atoms with Gasteiger partial charge in [0.05, 0.1) is 38.5 Å². The third-order valence-corrected chi connectivity index (χ3v) is 9.81. The fourth-order valence-electron chi connectivity index (χ4n) is 5.41. The molecular formula is C34H43N3O8S. The van der Waals surface area contributed by atoms with Gasteiger partial charge in [-0.25, -0.2) is 8.42 Å². The lowest BCUT2D eigenvalue weighted by molar-refractivity contribution is -0.139. The summed E-state index contributed by atoms with van der Waals surface area (Å²) in [7, 11) is 0.115. The summed E-state index contributed by atoms with van der Waals surface area (Å²) in [6.07, 6.45) is 3.86. The second-order valence-electron chi connectivity index (χ2n) is 11.0. The van der Waals surface area contributed by atoms with Gasteiger partial charge in [0.25, 0.3) is 10.0 Å². The Morgan fingerprint density at radius 2 is 1.50 bits per heavy atom. The van der Waals surface area contributed by atoms with Crippen molar-refractivity contribution in [2.24, 2.45) is 0 Å². The second kappa shape index (κ2) is 15.7. The fourth-order valence-corrected chi connectivity index (χ4v) is 6.84. The van der Waals surface area contributed by atoms with Gasteiger partial charge < -0.3 is 29.2 Å². The van der Waals surface area contributed by atoms with Crippen LogP contribution in [0.3, 0.4) is 0 Å². The molecular weight excluding hydrogens is 610 g/mol. The maximum Gasteiger partial charge on any atom is 0.264 e. The summed E-state index contributed by atoms with van der Waals surface area (Å²) in [4.78, 5) is 29.0. The molecule has 3 aromatic carbocycles. The van der Waals surface area contributed by atoms with Crippen molar-refractivity contribution in [1.82, 2.24) is 10.2 Å². The first kappa shape index (κ1) is 34.4. The van der Waals surface area contributed by atoms with Gasteiger partial charge in [0.2, 0.25) is 11.8 Å². The highest BCUT2D eigenvalue weighted by atomic mass is 32.2. The van der Waals surface area contributed by atoms with E-state index in [1.165, 1.54) is 37.3 Å². The summed E-state index contributed by atoms with van der Waals surface area (Å²) in [6.45, 7) is 3.46. The Balaban J connectivity index is 1.72. The molecule has 1 aliphatic rings. The van der Waals surface area contributed by atoms with Crippen LogP contribution in [0.5, 0.6) is 23.0 Å². The third-order valence-electron chi connectivity index (χ3n) is 8.04. The number of carbonyl (C=O) groups is 2. The van der Waals surface area contributed by atoms with Crippen molar-refractivity contribution in [2.75, 3.05) is 38.8 Å². The largest absolute Gasteiger partial charge is 0.497 e. The number of nitrogens with zero attached hydrogens (tertiary/aromatic N) is 2. The summed E-state index contributed by atoms with van der Waals surface area (Å²) in [5.41, 5.74) is 1.00. The van der Waals surface area contributed by atoms with E-state index in [1.54, 1.807) is 50.4 Å². The van der Waals surface area contributed by atoms with Gasteiger partial charge in [-0.05, 0) is 80.8 Å². The van der Waals surface area contributed by atoms with Gasteiger partial charge >= 0.3 is 0 Å². The molecule has 1 saturated carbocycles. The highest BCUT2D eigenvalue weighted by Gasteiger charge is 2.34. The Labute approximate surface area is 271 Å². The zero-order valence-corrected chi connectivity index (χ0v) is 27.8. The van der Waals surface area contributed by atoms with Crippen LogP contribution in [0.4, 0.5) is 5.69 Å². The molecule has 1 aliphatic carbocycles. The number of sulfonamides is 1. The van der Waals surface area contributed by atoms with Crippen molar-refractivity contribution >= 4 is 27.5 Å². The average Bonchev–Trinajstić information content (AvgIpc) is 3.59. The van der Waals surface area contributed by atoms with E-state index >= 15 is 0 Å². The molecule has 11 nitrogen and oxygen atoms in total. The van der Waals surface area contributed by atoms with Gasteiger partial charge in [0, 0.05) is 18.7 Å². The van der Waals surface area contributed by atoms with E-state index in [2.05, 4.69) is 5.32 Å². The van der Waals surface area contributed by atoms with E-state index in [0.717, 1.165) is 35.6 Å². The minimum atomic E-state index is -4.32. The zero-order chi connectivity index (χ0) is 33.3. The summed E-state index contributed by atoms with van der Waals surface area (Å²) in [5, 5.41) is 3.08. The molecule has 0 aromatic heterocycles. The summed E-state index contributed by atoms with van der Waals surface area (Å²) in [5.74, 6) is 0.945. The van der Waals surface area contributed by atoms with E-state index in [-0.39, 0.29) is 34.8 Å². The summed E-state index contributed by atoms with van der Waals surface area (Å²) >= 11 is 0. The first-order chi connectivity index (χ1) is 22.1. The third kappa shape index (κ3) is 8.22. The number of hydrogen-bond acceptors (Lipinski definition) is 8. The molecule has 46 heavy (non-hydrogen) atoms. The predicted octanol–water partition coefficient (Wildman–Crippen LogP) is 4.78. The Morgan fingerprint density at radius 1 is 0.870 bits per heavy atom. The number of carbonyl (C=O) groups excluding carboxylic acids is 2. The van der Waals surface area contributed by atoms with Crippen LogP contribution < -0.4 is 28.6 Å². The second-order valence-corrected chi connectivity index (χ2v) is 12.9. The van der Waals surface area contributed by atoms with E-state index in [9.17, 15) is 18.0 Å². The lowest BCUT2D eigenvalue weighted by Crippen LogP contribution is -2.52. The lowest BCUT2D eigenvalue weighted by atomic mass is 10.1. The van der Waals surface area contributed by atoms with Crippen molar-refractivity contribution in [3.05, 3.63) is 72.3 Å². The number of benzene rings is 3. The normalized spacial score (nSPS) is 13.8. The van der Waals surface area contributed by atoms with Crippen molar-refractivity contribution < 1.29 is 37.0 Å². The van der Waals surface area contributed by atoms with E-state index in [1.807, 2.05) is 19.1 Å². The molecule has 12 heteroatoms. The van der Waals surface area contributed by atoms with E-state index < -0.39 is 28.5 Å².